The van der Waals surface area contributed by atoms with Crippen molar-refractivity contribution in [2.24, 2.45) is 17.4 Å². The number of hydrogen-bond acceptors (Lipinski definition) is 7. The summed E-state index contributed by atoms with van der Waals surface area (Å²) in [5, 5.41) is 17.2. The highest BCUT2D eigenvalue weighted by atomic mass is 32.1. The van der Waals surface area contributed by atoms with Gasteiger partial charge in [0.25, 0.3) is 0 Å². The van der Waals surface area contributed by atoms with Gasteiger partial charge in [0.1, 0.15) is 23.9 Å². The molecule has 0 unspecified atom stereocenters. The molecule has 11 heteroatoms. The Labute approximate surface area is 222 Å². The van der Waals surface area contributed by atoms with Gasteiger partial charge in [-0.3, -0.25) is 19.2 Å². The van der Waals surface area contributed by atoms with Gasteiger partial charge in [-0.05, 0) is 35.6 Å². The maximum absolute atomic E-state index is 13.0. The van der Waals surface area contributed by atoms with Crippen LogP contribution in [0.2, 0.25) is 0 Å². The number of carbonyl (C=O) groups excluding carboxylic acids is 4. The topological polar surface area (TPSA) is 177 Å². The lowest BCUT2D eigenvalue weighted by Crippen LogP contribution is -2.59. The van der Waals surface area contributed by atoms with Gasteiger partial charge in [0.2, 0.25) is 23.6 Å². The van der Waals surface area contributed by atoms with Crippen molar-refractivity contribution < 1.29 is 24.3 Å². The van der Waals surface area contributed by atoms with Crippen molar-refractivity contribution in [2.75, 3.05) is 5.75 Å². The third-order valence-electron chi connectivity index (χ3n) is 5.73. The van der Waals surface area contributed by atoms with Crippen molar-refractivity contribution >= 4 is 36.3 Å². The van der Waals surface area contributed by atoms with Crippen molar-refractivity contribution in [3.8, 4) is 5.75 Å². The first kappa shape index (κ1) is 29.7. The standard InChI is InChI=1S/C26H35N5O5S/c1-15(2)22(31-24(34)19(27)12-17-8-10-18(32)11-9-17)26(36)30-21(14-37)25(35)29-20(23(28)33)13-16-6-4-3-5-7-16/h3-11,15,19-22,32,37H,12-14,27H2,1-2H3,(H2,28,33)(H,29,35)(H,30,36)(H,31,34)/t19-,20-,21-,22-/m0/s1. The maximum Gasteiger partial charge on any atom is 0.244 e. The number of carbonyl (C=O) groups is 4. The smallest absolute Gasteiger partial charge is 0.244 e. The second-order valence-electron chi connectivity index (χ2n) is 9.10. The van der Waals surface area contributed by atoms with Gasteiger partial charge in [0, 0.05) is 12.2 Å². The van der Waals surface area contributed by atoms with Crippen LogP contribution in [0.4, 0.5) is 0 Å². The molecule has 200 valence electrons. The van der Waals surface area contributed by atoms with Gasteiger partial charge in [-0.25, -0.2) is 0 Å². The summed E-state index contributed by atoms with van der Waals surface area (Å²) in [5.41, 5.74) is 13.1. The van der Waals surface area contributed by atoms with Crippen molar-refractivity contribution in [1.82, 2.24) is 16.0 Å². The molecule has 4 amide bonds. The second kappa shape index (κ2) is 14.2. The quantitative estimate of drug-likeness (QED) is 0.180. The molecule has 0 aliphatic heterocycles. The number of thiol groups is 1. The van der Waals surface area contributed by atoms with E-state index in [9.17, 15) is 24.3 Å². The zero-order valence-electron chi connectivity index (χ0n) is 20.9. The summed E-state index contributed by atoms with van der Waals surface area (Å²) >= 11 is 4.17. The average molecular weight is 530 g/mol. The van der Waals surface area contributed by atoms with Gasteiger partial charge in [0.15, 0.2) is 0 Å². The lowest BCUT2D eigenvalue weighted by atomic mass is 10.0. The molecule has 0 saturated heterocycles. The van der Waals surface area contributed by atoms with E-state index in [1.807, 2.05) is 30.3 Å². The molecule has 0 spiro atoms. The van der Waals surface area contributed by atoms with Crippen molar-refractivity contribution in [2.45, 2.75) is 50.9 Å². The summed E-state index contributed by atoms with van der Waals surface area (Å²) < 4.78 is 0. The number of benzene rings is 2. The van der Waals surface area contributed by atoms with Crippen molar-refractivity contribution in [3.63, 3.8) is 0 Å². The monoisotopic (exact) mass is 529 g/mol. The number of nitrogens with one attached hydrogen (secondary N) is 3. The highest BCUT2D eigenvalue weighted by molar-refractivity contribution is 7.80. The minimum Gasteiger partial charge on any atom is -0.508 e. The van der Waals surface area contributed by atoms with E-state index in [0.717, 1.165) is 11.1 Å². The van der Waals surface area contributed by atoms with E-state index in [2.05, 4.69) is 28.6 Å². The molecule has 0 heterocycles. The number of aromatic hydroxyl groups is 1. The summed E-state index contributed by atoms with van der Waals surface area (Å²) in [7, 11) is 0. The Bertz CT molecular complexity index is 1060. The Morgan fingerprint density at radius 3 is 1.92 bits per heavy atom. The van der Waals surface area contributed by atoms with Gasteiger partial charge in [0.05, 0.1) is 6.04 Å². The van der Waals surface area contributed by atoms with Gasteiger partial charge in [-0.2, -0.15) is 12.6 Å². The maximum atomic E-state index is 13.0. The first-order valence-electron chi connectivity index (χ1n) is 11.9. The van der Waals surface area contributed by atoms with Crippen LogP contribution in [-0.2, 0) is 32.0 Å². The molecule has 0 bridgehead atoms. The fraction of sp³-hybridized carbons (Fsp3) is 0.385. The lowest BCUT2D eigenvalue weighted by molar-refractivity contribution is -0.133. The molecular formula is C26H35N5O5S. The third kappa shape index (κ3) is 9.43. The molecule has 0 radical (unpaired) electrons. The van der Waals surface area contributed by atoms with E-state index in [1.54, 1.807) is 26.0 Å². The highest BCUT2D eigenvalue weighted by Gasteiger charge is 2.31. The summed E-state index contributed by atoms with van der Waals surface area (Å²) in [6, 6.07) is 11.4. The van der Waals surface area contributed by atoms with E-state index >= 15 is 0 Å². The number of phenolic OH excluding ortho intramolecular Hbond substituents is 1. The molecular weight excluding hydrogens is 494 g/mol. The van der Waals surface area contributed by atoms with E-state index < -0.39 is 47.8 Å². The summed E-state index contributed by atoms with van der Waals surface area (Å²) in [6.45, 7) is 3.49. The van der Waals surface area contributed by atoms with Gasteiger partial charge in [-0.1, -0.05) is 56.3 Å². The van der Waals surface area contributed by atoms with E-state index in [0.29, 0.717) is 0 Å². The van der Waals surface area contributed by atoms with Crippen LogP contribution in [0.5, 0.6) is 5.75 Å². The Morgan fingerprint density at radius 2 is 1.38 bits per heavy atom. The number of nitrogens with two attached hydrogens (primary N) is 2. The molecule has 37 heavy (non-hydrogen) atoms. The average Bonchev–Trinajstić information content (AvgIpc) is 2.86. The molecule has 2 aromatic carbocycles. The van der Waals surface area contributed by atoms with Crippen LogP contribution in [0.3, 0.4) is 0 Å². The molecule has 8 N–H and O–H groups in total. The highest BCUT2D eigenvalue weighted by Crippen LogP contribution is 2.11. The molecule has 0 fully saturated rings. The minimum absolute atomic E-state index is 0.0481. The number of primary amides is 1. The molecule has 4 atom stereocenters. The zero-order valence-corrected chi connectivity index (χ0v) is 21.8. The second-order valence-corrected chi connectivity index (χ2v) is 9.47. The fourth-order valence-electron chi connectivity index (χ4n) is 3.57. The van der Waals surface area contributed by atoms with Crippen LogP contribution >= 0.6 is 12.6 Å². The van der Waals surface area contributed by atoms with Gasteiger partial charge >= 0.3 is 0 Å². The molecule has 0 aliphatic rings. The Balaban J connectivity index is 2.01. The molecule has 0 saturated carbocycles. The number of phenols is 1. The number of rotatable bonds is 13. The summed E-state index contributed by atoms with van der Waals surface area (Å²) in [5.74, 6) is -2.72. The molecule has 2 rings (SSSR count). The Kier molecular flexibility index (Phi) is 11.4. The largest absolute Gasteiger partial charge is 0.508 e. The predicted octanol–water partition coefficient (Wildman–Crippen LogP) is 0.0302. The Hall–Kier alpha value is -3.57. The van der Waals surface area contributed by atoms with Crippen LogP contribution in [0.15, 0.2) is 54.6 Å². The van der Waals surface area contributed by atoms with E-state index in [4.69, 9.17) is 11.5 Å². The predicted molar refractivity (Wildman–Crippen MR) is 144 cm³/mol. The fourth-order valence-corrected chi connectivity index (χ4v) is 3.83. The first-order chi connectivity index (χ1) is 17.5. The van der Waals surface area contributed by atoms with E-state index in [-0.39, 0.29) is 30.3 Å². The SMILES string of the molecule is CC(C)[C@H](NC(=O)[C@@H](N)Cc1ccc(O)cc1)C(=O)N[C@@H](CS)C(=O)N[C@@H](Cc1ccccc1)C(N)=O. The zero-order chi connectivity index (χ0) is 27.5. The lowest BCUT2D eigenvalue weighted by Gasteiger charge is -2.26. The summed E-state index contributed by atoms with van der Waals surface area (Å²) in [4.78, 5) is 50.5. The number of amides is 4. The summed E-state index contributed by atoms with van der Waals surface area (Å²) in [6.07, 6.45) is 0.398. The first-order valence-corrected chi connectivity index (χ1v) is 12.5. The molecule has 0 aromatic heterocycles. The molecule has 0 aliphatic carbocycles. The van der Waals surface area contributed by atoms with Crippen molar-refractivity contribution in [3.05, 3.63) is 65.7 Å². The normalized spacial score (nSPS) is 14.2. The molecule has 2 aromatic rings. The van der Waals surface area contributed by atoms with Crippen LogP contribution in [0.25, 0.3) is 0 Å². The Morgan fingerprint density at radius 1 is 0.811 bits per heavy atom. The molecule has 10 nitrogen and oxygen atoms in total. The van der Waals surface area contributed by atoms with Crippen molar-refractivity contribution in [1.29, 1.82) is 0 Å². The minimum atomic E-state index is -1.07. The van der Waals surface area contributed by atoms with Crippen LogP contribution in [0, 0.1) is 5.92 Å². The van der Waals surface area contributed by atoms with Crippen LogP contribution in [-0.4, -0.2) is 58.7 Å². The number of hydrogen-bond donors (Lipinski definition) is 7. The van der Waals surface area contributed by atoms with Crippen LogP contribution < -0.4 is 27.4 Å². The third-order valence-corrected chi connectivity index (χ3v) is 6.10. The van der Waals surface area contributed by atoms with Gasteiger partial charge < -0.3 is 32.5 Å². The van der Waals surface area contributed by atoms with E-state index in [1.165, 1.54) is 12.1 Å². The van der Waals surface area contributed by atoms with Crippen LogP contribution in [0.1, 0.15) is 25.0 Å². The van der Waals surface area contributed by atoms with Gasteiger partial charge in [-0.15, -0.1) is 0 Å².